The minimum Gasteiger partial charge on any atom is -0.481 e. The second-order valence-electron chi connectivity index (χ2n) is 3.92. The second kappa shape index (κ2) is 5.25. The SMILES string of the molecule is N#Cc1ccc(N2C(NCCC(=O)O)N2C#N)cc1. The minimum absolute atomic E-state index is 0.00300. The van der Waals surface area contributed by atoms with Gasteiger partial charge in [0.2, 0.25) is 12.5 Å². The summed E-state index contributed by atoms with van der Waals surface area (Å²) in [7, 11) is 0. The number of benzene rings is 1. The van der Waals surface area contributed by atoms with Gasteiger partial charge in [0.05, 0.1) is 23.7 Å². The van der Waals surface area contributed by atoms with E-state index >= 15 is 0 Å². The van der Waals surface area contributed by atoms with Crippen LogP contribution in [0.25, 0.3) is 0 Å². The largest absolute Gasteiger partial charge is 0.481 e. The average molecular weight is 257 g/mol. The van der Waals surface area contributed by atoms with E-state index in [2.05, 4.69) is 5.32 Å². The highest BCUT2D eigenvalue weighted by molar-refractivity contribution is 5.66. The number of anilines is 1. The number of carboxylic acid groups (broad SMARTS) is 1. The fraction of sp³-hybridized carbons (Fsp3) is 0.250. The van der Waals surface area contributed by atoms with Crippen molar-refractivity contribution in [1.82, 2.24) is 10.3 Å². The maximum absolute atomic E-state index is 10.4. The van der Waals surface area contributed by atoms with Crippen LogP contribution in [0.4, 0.5) is 5.69 Å². The Morgan fingerprint density at radius 3 is 2.58 bits per heavy atom. The smallest absolute Gasteiger partial charge is 0.304 e. The van der Waals surface area contributed by atoms with Gasteiger partial charge in [-0.25, -0.2) is 5.01 Å². The number of hydrogen-bond acceptors (Lipinski definition) is 6. The Balaban J connectivity index is 1.98. The number of nitrogens with zero attached hydrogens (tertiary/aromatic N) is 4. The number of carbonyl (C=O) groups is 1. The Morgan fingerprint density at radius 2 is 2.05 bits per heavy atom. The highest BCUT2D eigenvalue weighted by Gasteiger charge is 2.45. The number of nitrogens with one attached hydrogen (secondary N) is 1. The summed E-state index contributed by atoms with van der Waals surface area (Å²) in [6, 6.07) is 8.82. The third-order valence-corrected chi connectivity index (χ3v) is 2.67. The van der Waals surface area contributed by atoms with Crippen LogP contribution in [-0.4, -0.2) is 28.9 Å². The number of hydrogen-bond donors (Lipinski definition) is 2. The highest BCUT2D eigenvalue weighted by Crippen LogP contribution is 2.31. The summed E-state index contributed by atoms with van der Waals surface area (Å²) >= 11 is 0. The van der Waals surface area contributed by atoms with Gasteiger partial charge >= 0.3 is 5.97 Å². The molecule has 19 heavy (non-hydrogen) atoms. The van der Waals surface area contributed by atoms with E-state index in [1.165, 1.54) is 5.01 Å². The van der Waals surface area contributed by atoms with E-state index in [1.807, 2.05) is 12.3 Å². The molecule has 1 aromatic carbocycles. The summed E-state index contributed by atoms with van der Waals surface area (Å²) in [6.45, 7) is 0.283. The zero-order chi connectivity index (χ0) is 13.8. The molecule has 7 nitrogen and oxygen atoms in total. The van der Waals surface area contributed by atoms with Crippen molar-refractivity contribution >= 4 is 11.7 Å². The Morgan fingerprint density at radius 1 is 1.37 bits per heavy atom. The number of rotatable bonds is 5. The van der Waals surface area contributed by atoms with E-state index in [4.69, 9.17) is 15.6 Å². The number of hydrazine groups is 1. The topological polar surface area (TPSA) is 103 Å². The molecule has 2 N–H and O–H groups in total. The van der Waals surface area contributed by atoms with E-state index in [0.717, 1.165) is 5.69 Å². The van der Waals surface area contributed by atoms with Crippen molar-refractivity contribution in [3.8, 4) is 12.3 Å². The standard InChI is InChI=1S/C12H11N5O2/c13-7-9-1-3-10(4-2-9)17-12(16(17)8-14)15-6-5-11(18)19/h1-4,12,15H,5-6H2,(H,18,19). The Hall–Kier alpha value is -2.77. The molecule has 1 atom stereocenters. The van der Waals surface area contributed by atoms with Crippen LogP contribution in [0.2, 0.25) is 0 Å². The van der Waals surface area contributed by atoms with Crippen LogP contribution in [0.3, 0.4) is 0 Å². The summed E-state index contributed by atoms with van der Waals surface area (Å²) in [6.07, 6.45) is 1.66. The predicted octanol–water partition coefficient (Wildman–Crippen LogP) is 0.424. The first-order valence-electron chi connectivity index (χ1n) is 5.61. The van der Waals surface area contributed by atoms with Gasteiger partial charge in [0, 0.05) is 6.54 Å². The third kappa shape index (κ3) is 2.73. The molecule has 1 saturated heterocycles. The monoisotopic (exact) mass is 257 g/mol. The van der Waals surface area contributed by atoms with Crippen molar-refractivity contribution in [3.63, 3.8) is 0 Å². The molecule has 7 heteroatoms. The summed E-state index contributed by atoms with van der Waals surface area (Å²) < 4.78 is 0. The van der Waals surface area contributed by atoms with Crippen LogP contribution < -0.4 is 10.3 Å². The molecule has 0 aromatic heterocycles. The Kier molecular flexibility index (Phi) is 3.51. The van der Waals surface area contributed by atoms with Crippen molar-refractivity contribution < 1.29 is 9.90 Å². The normalized spacial score (nSPS) is 16.6. The van der Waals surface area contributed by atoms with Gasteiger partial charge < -0.3 is 5.11 Å². The number of carboxylic acids is 1. The molecule has 0 radical (unpaired) electrons. The van der Waals surface area contributed by atoms with E-state index in [-0.39, 0.29) is 19.3 Å². The molecule has 2 rings (SSSR count). The predicted molar refractivity (Wildman–Crippen MR) is 65.1 cm³/mol. The maximum atomic E-state index is 10.4. The molecule has 1 fully saturated rings. The molecule has 0 amide bonds. The lowest BCUT2D eigenvalue weighted by atomic mass is 10.2. The van der Waals surface area contributed by atoms with Crippen LogP contribution in [0.15, 0.2) is 24.3 Å². The number of aliphatic carboxylic acids is 1. The van der Waals surface area contributed by atoms with Gasteiger partial charge in [0.25, 0.3) is 0 Å². The van der Waals surface area contributed by atoms with E-state index < -0.39 is 5.97 Å². The molecule has 0 aliphatic carbocycles. The van der Waals surface area contributed by atoms with Crippen LogP contribution >= 0.6 is 0 Å². The molecule has 0 saturated carbocycles. The van der Waals surface area contributed by atoms with Crippen LogP contribution in [0.1, 0.15) is 12.0 Å². The first kappa shape index (κ1) is 12.7. The quantitative estimate of drug-likeness (QED) is 0.582. The van der Waals surface area contributed by atoms with E-state index in [1.54, 1.807) is 29.3 Å². The van der Waals surface area contributed by atoms with Crippen molar-refractivity contribution in [2.75, 3.05) is 11.6 Å². The first-order valence-corrected chi connectivity index (χ1v) is 5.61. The molecule has 0 bridgehead atoms. The summed E-state index contributed by atoms with van der Waals surface area (Å²) in [5.41, 5.74) is 1.32. The molecular weight excluding hydrogens is 246 g/mol. The Bertz CT molecular complexity index is 557. The fourth-order valence-corrected chi connectivity index (χ4v) is 1.71. The molecule has 1 aliphatic heterocycles. The van der Waals surface area contributed by atoms with Gasteiger partial charge in [0.15, 0.2) is 0 Å². The molecule has 1 unspecified atom stereocenters. The van der Waals surface area contributed by atoms with E-state index in [0.29, 0.717) is 5.56 Å². The van der Waals surface area contributed by atoms with Crippen LogP contribution in [0, 0.1) is 22.8 Å². The molecule has 1 aromatic rings. The highest BCUT2D eigenvalue weighted by atomic mass is 16.4. The molecule has 0 spiro atoms. The lowest BCUT2D eigenvalue weighted by molar-refractivity contribution is -0.136. The number of nitriles is 2. The summed E-state index contributed by atoms with van der Waals surface area (Å²) in [4.78, 5) is 10.4. The van der Waals surface area contributed by atoms with Gasteiger partial charge in [-0.15, -0.1) is 0 Å². The first-order chi connectivity index (χ1) is 9.17. The van der Waals surface area contributed by atoms with Crippen molar-refractivity contribution in [2.45, 2.75) is 12.7 Å². The van der Waals surface area contributed by atoms with Crippen LogP contribution in [-0.2, 0) is 4.79 Å². The minimum atomic E-state index is -0.887. The molecule has 96 valence electrons. The fourth-order valence-electron chi connectivity index (χ4n) is 1.71. The van der Waals surface area contributed by atoms with Gasteiger partial charge in [-0.05, 0) is 24.3 Å². The molecular formula is C12H11N5O2. The second-order valence-corrected chi connectivity index (χ2v) is 3.92. The molecule has 1 heterocycles. The third-order valence-electron chi connectivity index (χ3n) is 2.67. The van der Waals surface area contributed by atoms with Gasteiger partial charge in [-0.1, -0.05) is 0 Å². The summed E-state index contributed by atoms with van der Waals surface area (Å²) in [5.74, 6) is -0.887. The maximum Gasteiger partial charge on any atom is 0.304 e. The average Bonchev–Trinajstić information content (AvgIpc) is 3.11. The molecule has 1 aliphatic rings. The van der Waals surface area contributed by atoms with Gasteiger partial charge in [-0.2, -0.15) is 15.5 Å². The zero-order valence-corrected chi connectivity index (χ0v) is 9.95. The lowest BCUT2D eigenvalue weighted by Crippen LogP contribution is -2.25. The summed E-state index contributed by atoms with van der Waals surface area (Å²) in [5, 5.41) is 32.2. The van der Waals surface area contributed by atoms with E-state index in [9.17, 15) is 4.79 Å². The Labute approximate surface area is 109 Å². The lowest BCUT2D eigenvalue weighted by Gasteiger charge is -2.02. The zero-order valence-electron chi connectivity index (χ0n) is 9.95. The van der Waals surface area contributed by atoms with Crippen LogP contribution in [0.5, 0.6) is 0 Å². The van der Waals surface area contributed by atoms with Gasteiger partial charge in [-0.3, -0.25) is 10.1 Å². The van der Waals surface area contributed by atoms with Gasteiger partial charge in [0.1, 0.15) is 0 Å². The van der Waals surface area contributed by atoms with Crippen molar-refractivity contribution in [3.05, 3.63) is 29.8 Å². The van der Waals surface area contributed by atoms with Crippen molar-refractivity contribution in [2.24, 2.45) is 0 Å². The van der Waals surface area contributed by atoms with Crippen molar-refractivity contribution in [1.29, 1.82) is 10.5 Å².